The first kappa shape index (κ1) is 14.2. The molecule has 2 rings (SSSR count). The second-order valence-corrected chi connectivity index (χ2v) is 6.27. The summed E-state index contributed by atoms with van der Waals surface area (Å²) in [5.41, 5.74) is 4.87. The van der Waals surface area contributed by atoms with Gasteiger partial charge in [0.15, 0.2) is 5.84 Å². The maximum atomic E-state index is 12.8. The van der Waals surface area contributed by atoms with E-state index < -0.39 is 5.41 Å². The van der Waals surface area contributed by atoms with Gasteiger partial charge in [-0.15, -0.1) is 0 Å². The molecule has 0 aromatic heterocycles. The Hall–Kier alpha value is -1.26. The van der Waals surface area contributed by atoms with Gasteiger partial charge in [-0.3, -0.25) is 4.79 Å². The standard InChI is InChI=1S/C14H25N3O2/c1-3-14(2,12(15)16-19)13(18)17(8-10-4-5-10)9-11-6-7-11/h10-11,19H,3-9H2,1-2H3,(H2,15,16). The van der Waals surface area contributed by atoms with Crippen LogP contribution in [0.15, 0.2) is 5.16 Å². The largest absolute Gasteiger partial charge is 0.409 e. The first-order valence-corrected chi connectivity index (χ1v) is 7.28. The molecular formula is C14H25N3O2. The van der Waals surface area contributed by atoms with E-state index in [1.807, 2.05) is 11.8 Å². The lowest BCUT2D eigenvalue weighted by Crippen LogP contribution is -2.50. The van der Waals surface area contributed by atoms with E-state index >= 15 is 0 Å². The first-order valence-electron chi connectivity index (χ1n) is 7.28. The Kier molecular flexibility index (Phi) is 4.02. The van der Waals surface area contributed by atoms with Crippen LogP contribution in [0.5, 0.6) is 0 Å². The minimum Gasteiger partial charge on any atom is -0.409 e. The zero-order chi connectivity index (χ0) is 14.0. The lowest BCUT2D eigenvalue weighted by molar-refractivity contribution is -0.138. The molecule has 1 atom stereocenters. The maximum Gasteiger partial charge on any atom is 0.236 e. The van der Waals surface area contributed by atoms with Gasteiger partial charge in [0.25, 0.3) is 0 Å². The van der Waals surface area contributed by atoms with Crippen LogP contribution >= 0.6 is 0 Å². The fourth-order valence-corrected chi connectivity index (χ4v) is 2.37. The maximum absolute atomic E-state index is 12.8. The van der Waals surface area contributed by atoms with Gasteiger partial charge in [-0.2, -0.15) is 0 Å². The number of hydrogen-bond donors (Lipinski definition) is 2. The molecule has 0 radical (unpaired) electrons. The Labute approximate surface area is 114 Å². The Morgan fingerprint density at radius 1 is 1.32 bits per heavy atom. The number of rotatable bonds is 7. The van der Waals surface area contributed by atoms with E-state index in [1.54, 1.807) is 6.92 Å². The van der Waals surface area contributed by atoms with Crippen molar-refractivity contribution in [2.75, 3.05) is 13.1 Å². The summed E-state index contributed by atoms with van der Waals surface area (Å²) in [6.07, 6.45) is 5.44. The average Bonchev–Trinajstić information content (AvgIpc) is 3.30. The zero-order valence-corrected chi connectivity index (χ0v) is 11.9. The van der Waals surface area contributed by atoms with Crippen LogP contribution in [-0.4, -0.2) is 34.9 Å². The predicted molar refractivity (Wildman–Crippen MR) is 73.8 cm³/mol. The van der Waals surface area contributed by atoms with Crippen LogP contribution in [0.2, 0.25) is 0 Å². The van der Waals surface area contributed by atoms with E-state index in [2.05, 4.69) is 5.16 Å². The van der Waals surface area contributed by atoms with E-state index in [0.29, 0.717) is 18.3 Å². The average molecular weight is 267 g/mol. The smallest absolute Gasteiger partial charge is 0.236 e. The van der Waals surface area contributed by atoms with Crippen LogP contribution in [0.25, 0.3) is 0 Å². The fraction of sp³-hybridized carbons (Fsp3) is 0.857. The number of nitrogens with zero attached hydrogens (tertiary/aromatic N) is 2. The number of carbonyl (C=O) groups excluding carboxylic acids is 1. The molecule has 3 N–H and O–H groups in total. The van der Waals surface area contributed by atoms with Crippen LogP contribution < -0.4 is 5.73 Å². The Bertz CT molecular complexity index is 361. The molecule has 2 saturated carbocycles. The van der Waals surface area contributed by atoms with Crippen LogP contribution in [0.3, 0.4) is 0 Å². The summed E-state index contributed by atoms with van der Waals surface area (Å²) in [5.74, 6) is 1.37. The van der Waals surface area contributed by atoms with E-state index in [0.717, 1.165) is 13.1 Å². The van der Waals surface area contributed by atoms with Crippen molar-refractivity contribution >= 4 is 11.7 Å². The molecule has 2 fully saturated rings. The first-order chi connectivity index (χ1) is 9.01. The lowest BCUT2D eigenvalue weighted by atomic mass is 9.84. The molecule has 2 aliphatic rings. The third-order valence-electron chi connectivity index (χ3n) is 4.49. The highest BCUT2D eigenvalue weighted by Gasteiger charge is 2.42. The number of hydrogen-bond acceptors (Lipinski definition) is 3. The molecule has 0 aromatic rings. The highest BCUT2D eigenvalue weighted by molar-refractivity contribution is 6.06. The van der Waals surface area contributed by atoms with Crippen LogP contribution in [0.1, 0.15) is 46.0 Å². The van der Waals surface area contributed by atoms with E-state index in [-0.39, 0.29) is 11.7 Å². The minimum absolute atomic E-state index is 0.0177. The summed E-state index contributed by atoms with van der Waals surface area (Å²) in [7, 11) is 0. The summed E-state index contributed by atoms with van der Waals surface area (Å²) in [4.78, 5) is 14.7. The van der Waals surface area contributed by atoms with Crippen molar-refractivity contribution in [3.8, 4) is 0 Å². The van der Waals surface area contributed by atoms with Gasteiger partial charge in [0, 0.05) is 13.1 Å². The fourth-order valence-electron chi connectivity index (χ4n) is 2.37. The molecule has 19 heavy (non-hydrogen) atoms. The Balaban J connectivity index is 2.10. The zero-order valence-electron chi connectivity index (χ0n) is 11.9. The molecule has 0 aliphatic heterocycles. The summed E-state index contributed by atoms with van der Waals surface area (Å²) in [6.45, 7) is 5.35. The molecular weight excluding hydrogens is 242 g/mol. The second-order valence-electron chi connectivity index (χ2n) is 6.27. The molecule has 0 aromatic carbocycles. The monoisotopic (exact) mass is 267 g/mol. The number of amides is 1. The van der Waals surface area contributed by atoms with Crippen molar-refractivity contribution < 1.29 is 10.0 Å². The third kappa shape index (κ3) is 3.19. The molecule has 1 unspecified atom stereocenters. The summed E-state index contributed by atoms with van der Waals surface area (Å²) < 4.78 is 0. The predicted octanol–water partition coefficient (Wildman–Crippen LogP) is 1.80. The molecule has 5 nitrogen and oxygen atoms in total. The number of nitrogens with two attached hydrogens (primary N) is 1. The highest BCUT2D eigenvalue weighted by Crippen LogP contribution is 2.36. The Morgan fingerprint density at radius 2 is 1.79 bits per heavy atom. The van der Waals surface area contributed by atoms with Gasteiger partial charge in [-0.1, -0.05) is 12.1 Å². The number of oxime groups is 1. The van der Waals surface area contributed by atoms with E-state index in [4.69, 9.17) is 10.9 Å². The SMILES string of the molecule is CCC(C)(C(=O)N(CC1CC1)CC1CC1)C(N)=NO. The third-order valence-corrected chi connectivity index (χ3v) is 4.49. The van der Waals surface area contributed by atoms with E-state index in [9.17, 15) is 4.79 Å². The quantitative estimate of drug-likeness (QED) is 0.319. The summed E-state index contributed by atoms with van der Waals surface area (Å²) >= 11 is 0. The van der Waals surface area contributed by atoms with Crippen molar-refractivity contribution in [3.63, 3.8) is 0 Å². The molecule has 1 amide bonds. The topological polar surface area (TPSA) is 78.9 Å². The normalized spacial score (nSPS) is 22.9. The van der Waals surface area contributed by atoms with Gasteiger partial charge in [-0.05, 0) is 50.9 Å². The van der Waals surface area contributed by atoms with Gasteiger partial charge in [0.05, 0.1) is 0 Å². The molecule has 0 bridgehead atoms. The number of carbonyl (C=O) groups is 1. The van der Waals surface area contributed by atoms with Crippen LogP contribution in [0, 0.1) is 17.3 Å². The molecule has 0 heterocycles. The van der Waals surface area contributed by atoms with Crippen molar-refractivity contribution in [1.82, 2.24) is 4.90 Å². The highest BCUT2D eigenvalue weighted by atomic mass is 16.4. The lowest BCUT2D eigenvalue weighted by Gasteiger charge is -2.33. The van der Waals surface area contributed by atoms with E-state index in [1.165, 1.54) is 25.7 Å². The van der Waals surface area contributed by atoms with Crippen LogP contribution in [0.4, 0.5) is 0 Å². The molecule has 0 saturated heterocycles. The molecule has 5 heteroatoms. The molecule has 2 aliphatic carbocycles. The van der Waals surface area contributed by atoms with Gasteiger partial charge in [0.1, 0.15) is 5.41 Å². The van der Waals surface area contributed by atoms with Gasteiger partial charge in [-0.25, -0.2) is 0 Å². The van der Waals surface area contributed by atoms with Gasteiger partial charge in [0.2, 0.25) is 5.91 Å². The van der Waals surface area contributed by atoms with Crippen molar-refractivity contribution in [3.05, 3.63) is 0 Å². The second kappa shape index (κ2) is 5.39. The van der Waals surface area contributed by atoms with Crippen molar-refractivity contribution in [1.29, 1.82) is 0 Å². The van der Waals surface area contributed by atoms with Crippen molar-refractivity contribution in [2.24, 2.45) is 28.1 Å². The van der Waals surface area contributed by atoms with Crippen molar-refractivity contribution in [2.45, 2.75) is 46.0 Å². The molecule has 108 valence electrons. The molecule has 0 spiro atoms. The number of amidine groups is 1. The summed E-state index contributed by atoms with van der Waals surface area (Å²) in [5, 5.41) is 12.0. The van der Waals surface area contributed by atoms with Crippen LogP contribution in [-0.2, 0) is 4.79 Å². The van der Waals surface area contributed by atoms with Gasteiger partial charge < -0.3 is 15.8 Å². The summed E-state index contributed by atoms with van der Waals surface area (Å²) in [6, 6.07) is 0. The Morgan fingerprint density at radius 3 is 2.11 bits per heavy atom. The van der Waals surface area contributed by atoms with Gasteiger partial charge >= 0.3 is 0 Å². The minimum atomic E-state index is -0.876.